The highest BCUT2D eigenvalue weighted by Gasteiger charge is 2.19. The van der Waals surface area contributed by atoms with Gasteiger partial charge in [-0.15, -0.1) is 0 Å². The van der Waals surface area contributed by atoms with Crippen LogP contribution in [-0.2, 0) is 4.74 Å². The standard InChI is InChI=1S/C14H22O3/c1-10(2)11(3)14-12(16-5)7-6-8-13(14)17-9-15-4/h6-8,10-11H,9H2,1-5H3. The van der Waals surface area contributed by atoms with Crippen LogP contribution in [0, 0.1) is 5.92 Å². The Morgan fingerprint density at radius 3 is 2.24 bits per heavy atom. The Morgan fingerprint density at radius 1 is 1.06 bits per heavy atom. The van der Waals surface area contributed by atoms with Crippen molar-refractivity contribution in [3.8, 4) is 11.5 Å². The lowest BCUT2D eigenvalue weighted by Crippen LogP contribution is -2.09. The van der Waals surface area contributed by atoms with E-state index in [1.807, 2.05) is 18.2 Å². The van der Waals surface area contributed by atoms with E-state index in [2.05, 4.69) is 20.8 Å². The highest BCUT2D eigenvalue weighted by molar-refractivity contribution is 5.47. The van der Waals surface area contributed by atoms with Crippen molar-refractivity contribution in [2.24, 2.45) is 5.92 Å². The van der Waals surface area contributed by atoms with Crippen molar-refractivity contribution in [1.29, 1.82) is 0 Å². The second kappa shape index (κ2) is 6.50. The normalized spacial score (nSPS) is 12.6. The molecule has 1 aromatic carbocycles. The van der Waals surface area contributed by atoms with Crippen LogP contribution in [0.2, 0.25) is 0 Å². The third-order valence-corrected chi connectivity index (χ3v) is 3.03. The molecule has 3 heteroatoms. The fourth-order valence-corrected chi connectivity index (χ4v) is 1.73. The first-order valence-corrected chi connectivity index (χ1v) is 5.90. The molecule has 1 aromatic rings. The average Bonchev–Trinajstić information content (AvgIpc) is 2.34. The fraction of sp³-hybridized carbons (Fsp3) is 0.571. The second-order valence-electron chi connectivity index (χ2n) is 4.46. The number of ether oxygens (including phenoxy) is 3. The first-order valence-electron chi connectivity index (χ1n) is 5.90. The smallest absolute Gasteiger partial charge is 0.188 e. The van der Waals surface area contributed by atoms with E-state index in [1.54, 1.807) is 14.2 Å². The van der Waals surface area contributed by atoms with E-state index in [0.717, 1.165) is 17.1 Å². The summed E-state index contributed by atoms with van der Waals surface area (Å²) < 4.78 is 16.0. The van der Waals surface area contributed by atoms with E-state index in [9.17, 15) is 0 Å². The Hall–Kier alpha value is -1.22. The number of rotatable bonds is 6. The highest BCUT2D eigenvalue weighted by Crippen LogP contribution is 2.38. The summed E-state index contributed by atoms with van der Waals surface area (Å²) in [6.45, 7) is 6.82. The monoisotopic (exact) mass is 238 g/mol. The summed E-state index contributed by atoms with van der Waals surface area (Å²) in [7, 11) is 3.30. The molecule has 0 saturated heterocycles. The van der Waals surface area contributed by atoms with Gasteiger partial charge in [0.15, 0.2) is 6.79 Å². The minimum atomic E-state index is 0.255. The van der Waals surface area contributed by atoms with E-state index in [-0.39, 0.29) is 6.79 Å². The zero-order valence-corrected chi connectivity index (χ0v) is 11.3. The molecule has 3 nitrogen and oxygen atoms in total. The van der Waals surface area contributed by atoms with Gasteiger partial charge in [-0.1, -0.05) is 26.8 Å². The van der Waals surface area contributed by atoms with Gasteiger partial charge in [0.1, 0.15) is 11.5 Å². The van der Waals surface area contributed by atoms with Crippen LogP contribution in [0.1, 0.15) is 32.3 Å². The van der Waals surface area contributed by atoms with Gasteiger partial charge in [-0.05, 0) is 24.0 Å². The lowest BCUT2D eigenvalue weighted by molar-refractivity contribution is 0.0498. The molecular weight excluding hydrogens is 216 g/mol. The molecule has 96 valence electrons. The summed E-state index contributed by atoms with van der Waals surface area (Å²) in [6.07, 6.45) is 0. The molecule has 17 heavy (non-hydrogen) atoms. The van der Waals surface area contributed by atoms with Gasteiger partial charge >= 0.3 is 0 Å². The second-order valence-corrected chi connectivity index (χ2v) is 4.46. The molecule has 0 aliphatic rings. The molecule has 0 radical (unpaired) electrons. The van der Waals surface area contributed by atoms with Crippen molar-refractivity contribution in [1.82, 2.24) is 0 Å². The summed E-state index contributed by atoms with van der Waals surface area (Å²) in [4.78, 5) is 0. The summed E-state index contributed by atoms with van der Waals surface area (Å²) >= 11 is 0. The Bertz CT molecular complexity index is 347. The molecule has 0 aromatic heterocycles. The van der Waals surface area contributed by atoms with Crippen LogP contribution < -0.4 is 9.47 Å². The van der Waals surface area contributed by atoms with E-state index in [0.29, 0.717) is 11.8 Å². The molecule has 1 atom stereocenters. The van der Waals surface area contributed by atoms with Gasteiger partial charge in [0.05, 0.1) is 7.11 Å². The largest absolute Gasteiger partial charge is 0.496 e. The predicted molar refractivity (Wildman–Crippen MR) is 68.8 cm³/mol. The predicted octanol–water partition coefficient (Wildman–Crippen LogP) is 3.44. The molecule has 1 unspecified atom stereocenters. The van der Waals surface area contributed by atoms with Crippen molar-refractivity contribution in [2.45, 2.75) is 26.7 Å². The highest BCUT2D eigenvalue weighted by atomic mass is 16.7. The number of hydrogen-bond donors (Lipinski definition) is 0. The maximum absolute atomic E-state index is 5.60. The van der Waals surface area contributed by atoms with Gasteiger partial charge in [-0.3, -0.25) is 0 Å². The molecule has 0 saturated carbocycles. The Balaban J connectivity index is 3.10. The molecule has 1 rings (SSSR count). The zero-order chi connectivity index (χ0) is 12.8. The third-order valence-electron chi connectivity index (χ3n) is 3.03. The van der Waals surface area contributed by atoms with Crippen LogP contribution >= 0.6 is 0 Å². The summed E-state index contributed by atoms with van der Waals surface area (Å²) in [5, 5.41) is 0. The topological polar surface area (TPSA) is 27.7 Å². The number of hydrogen-bond acceptors (Lipinski definition) is 3. The van der Waals surface area contributed by atoms with Gasteiger partial charge in [0.2, 0.25) is 0 Å². The van der Waals surface area contributed by atoms with E-state index >= 15 is 0 Å². The third kappa shape index (κ3) is 3.37. The Morgan fingerprint density at radius 2 is 1.71 bits per heavy atom. The summed E-state index contributed by atoms with van der Waals surface area (Å²) in [5.74, 6) is 2.61. The van der Waals surface area contributed by atoms with Crippen molar-refractivity contribution < 1.29 is 14.2 Å². The molecule has 0 N–H and O–H groups in total. The van der Waals surface area contributed by atoms with E-state index in [1.165, 1.54) is 0 Å². The fourth-order valence-electron chi connectivity index (χ4n) is 1.73. The zero-order valence-electron chi connectivity index (χ0n) is 11.3. The molecular formula is C14H22O3. The Labute approximate surface area is 104 Å². The van der Waals surface area contributed by atoms with Crippen LogP contribution in [0.4, 0.5) is 0 Å². The minimum Gasteiger partial charge on any atom is -0.496 e. The van der Waals surface area contributed by atoms with Crippen molar-refractivity contribution in [3.63, 3.8) is 0 Å². The van der Waals surface area contributed by atoms with Crippen LogP contribution in [0.15, 0.2) is 18.2 Å². The maximum atomic E-state index is 5.60. The number of methoxy groups -OCH3 is 2. The van der Waals surface area contributed by atoms with Gasteiger partial charge in [0, 0.05) is 12.7 Å². The van der Waals surface area contributed by atoms with Gasteiger partial charge in [-0.2, -0.15) is 0 Å². The minimum absolute atomic E-state index is 0.255. The van der Waals surface area contributed by atoms with Gasteiger partial charge < -0.3 is 14.2 Å². The molecule has 0 amide bonds. The van der Waals surface area contributed by atoms with Crippen LogP contribution in [0.25, 0.3) is 0 Å². The van der Waals surface area contributed by atoms with Gasteiger partial charge in [-0.25, -0.2) is 0 Å². The van der Waals surface area contributed by atoms with Crippen molar-refractivity contribution in [3.05, 3.63) is 23.8 Å². The van der Waals surface area contributed by atoms with E-state index < -0.39 is 0 Å². The lowest BCUT2D eigenvalue weighted by atomic mass is 9.89. The molecule has 0 fully saturated rings. The average molecular weight is 238 g/mol. The lowest BCUT2D eigenvalue weighted by Gasteiger charge is -2.22. The Kier molecular flexibility index (Phi) is 5.29. The maximum Gasteiger partial charge on any atom is 0.188 e. The van der Waals surface area contributed by atoms with Gasteiger partial charge in [0.25, 0.3) is 0 Å². The quantitative estimate of drug-likeness (QED) is 0.710. The number of benzene rings is 1. The van der Waals surface area contributed by atoms with Crippen LogP contribution in [0.3, 0.4) is 0 Å². The molecule has 0 spiro atoms. The van der Waals surface area contributed by atoms with Crippen LogP contribution in [0.5, 0.6) is 11.5 Å². The molecule has 0 aliphatic carbocycles. The molecule has 0 bridgehead atoms. The van der Waals surface area contributed by atoms with Crippen LogP contribution in [-0.4, -0.2) is 21.0 Å². The first-order chi connectivity index (χ1) is 8.11. The summed E-state index contributed by atoms with van der Waals surface area (Å²) in [6, 6.07) is 5.85. The van der Waals surface area contributed by atoms with Crippen molar-refractivity contribution >= 4 is 0 Å². The van der Waals surface area contributed by atoms with E-state index in [4.69, 9.17) is 14.2 Å². The molecule has 0 aliphatic heterocycles. The molecule has 0 heterocycles. The SMILES string of the molecule is COCOc1cccc(OC)c1C(C)C(C)C. The summed E-state index contributed by atoms with van der Waals surface area (Å²) in [5.41, 5.74) is 1.11. The van der Waals surface area contributed by atoms with Crippen molar-refractivity contribution in [2.75, 3.05) is 21.0 Å². The first kappa shape index (κ1) is 13.8.